The number of hydrogen-bond donors (Lipinski definition) is 0. The van der Waals surface area contributed by atoms with E-state index in [2.05, 4.69) is 0 Å². The van der Waals surface area contributed by atoms with Crippen LogP contribution in [0.1, 0.15) is 60.3 Å². The van der Waals surface area contributed by atoms with E-state index in [-0.39, 0.29) is 30.6 Å². The number of Topliss-reactive ketones (excluding diaryl/α,β-unsaturated/α-hetero) is 1. The lowest BCUT2D eigenvalue weighted by molar-refractivity contribution is -0.204. The molecule has 6 nitrogen and oxygen atoms in total. The van der Waals surface area contributed by atoms with Crippen LogP contribution in [0.3, 0.4) is 0 Å². The SMILES string of the molecule is CC(=O)OCC(=O)[C@@]1(OC(C)=O)C(C)C[C@H]2C3C[C@H](F)C4=CC(=O)C=CC4(C)[C@@]3(F)CCC21C. The number of ketones is 2. The van der Waals surface area contributed by atoms with Gasteiger partial charge in [0.05, 0.1) is 0 Å². The molecule has 0 N–H and O–H groups in total. The van der Waals surface area contributed by atoms with Crippen molar-refractivity contribution in [3.8, 4) is 0 Å². The highest BCUT2D eigenvalue weighted by atomic mass is 19.1. The normalized spacial score (nSPS) is 44.9. The second kappa shape index (κ2) is 7.82. The third-order valence-electron chi connectivity index (χ3n) is 9.32. The molecule has 0 aliphatic heterocycles. The predicted octanol–water partition coefficient (Wildman–Crippen LogP) is 4.01. The summed E-state index contributed by atoms with van der Waals surface area (Å²) < 4.78 is 43.4. The van der Waals surface area contributed by atoms with Crippen LogP contribution in [0.15, 0.2) is 23.8 Å². The minimum atomic E-state index is -1.83. The van der Waals surface area contributed by atoms with Crippen LogP contribution < -0.4 is 0 Å². The number of ether oxygens (including phenoxy) is 2. The number of fused-ring (bicyclic) bond motifs is 5. The Morgan fingerprint density at radius 1 is 1.09 bits per heavy atom. The molecule has 0 aromatic rings. The van der Waals surface area contributed by atoms with Crippen molar-refractivity contribution in [1.82, 2.24) is 0 Å². The van der Waals surface area contributed by atoms with Gasteiger partial charge in [-0.05, 0) is 56.3 Å². The van der Waals surface area contributed by atoms with Gasteiger partial charge < -0.3 is 9.47 Å². The Balaban J connectivity index is 1.80. The van der Waals surface area contributed by atoms with Crippen molar-refractivity contribution in [2.45, 2.75) is 77.7 Å². The fourth-order valence-electron chi connectivity index (χ4n) is 7.78. The molecule has 0 aromatic heterocycles. The monoisotopic (exact) mass is 478 g/mol. The van der Waals surface area contributed by atoms with Crippen LogP contribution in [0.2, 0.25) is 0 Å². The van der Waals surface area contributed by atoms with Gasteiger partial charge in [-0.15, -0.1) is 0 Å². The minimum absolute atomic E-state index is 0.0142. The molecular weight excluding hydrogens is 446 g/mol. The smallest absolute Gasteiger partial charge is 0.303 e. The average Bonchev–Trinajstić information content (AvgIpc) is 2.97. The molecule has 3 saturated carbocycles. The van der Waals surface area contributed by atoms with Crippen molar-refractivity contribution >= 4 is 23.5 Å². The number of allylic oxidation sites excluding steroid dienone is 4. The number of rotatable bonds is 4. The summed E-state index contributed by atoms with van der Waals surface area (Å²) in [4.78, 5) is 49.1. The van der Waals surface area contributed by atoms with E-state index in [1.165, 1.54) is 32.1 Å². The molecule has 186 valence electrons. The van der Waals surface area contributed by atoms with Crippen LogP contribution in [0.25, 0.3) is 0 Å². The summed E-state index contributed by atoms with van der Waals surface area (Å²) in [6.45, 7) is 7.09. The van der Waals surface area contributed by atoms with E-state index in [0.29, 0.717) is 6.42 Å². The first-order valence-electron chi connectivity index (χ1n) is 11.9. The molecule has 8 atom stereocenters. The zero-order chi connectivity index (χ0) is 25.3. The second-order valence-corrected chi connectivity index (χ2v) is 10.9. The van der Waals surface area contributed by atoms with E-state index in [0.717, 1.165) is 0 Å². The van der Waals surface area contributed by atoms with Crippen molar-refractivity contribution in [3.05, 3.63) is 23.8 Å². The van der Waals surface area contributed by atoms with Crippen LogP contribution in [-0.2, 0) is 28.7 Å². The third-order valence-corrected chi connectivity index (χ3v) is 9.32. The Bertz CT molecular complexity index is 1020. The number of hydrogen-bond acceptors (Lipinski definition) is 6. The summed E-state index contributed by atoms with van der Waals surface area (Å²) >= 11 is 0. The van der Waals surface area contributed by atoms with E-state index in [4.69, 9.17) is 9.47 Å². The lowest BCUT2D eigenvalue weighted by atomic mass is 9.45. The highest BCUT2D eigenvalue weighted by molar-refractivity contribution is 6.01. The lowest BCUT2D eigenvalue weighted by Gasteiger charge is -2.61. The Morgan fingerprint density at radius 3 is 2.38 bits per heavy atom. The first-order valence-corrected chi connectivity index (χ1v) is 11.9. The number of esters is 2. The summed E-state index contributed by atoms with van der Waals surface area (Å²) in [7, 11) is 0. The van der Waals surface area contributed by atoms with Gasteiger partial charge in [0, 0.05) is 36.5 Å². The average molecular weight is 479 g/mol. The number of halogens is 2. The zero-order valence-corrected chi connectivity index (χ0v) is 20.3. The molecular formula is C26H32F2O6. The molecule has 0 heterocycles. The van der Waals surface area contributed by atoms with Gasteiger partial charge in [0.1, 0.15) is 11.8 Å². The molecule has 4 aliphatic carbocycles. The van der Waals surface area contributed by atoms with Crippen LogP contribution in [0.5, 0.6) is 0 Å². The molecule has 0 saturated heterocycles. The fraction of sp³-hybridized carbons (Fsp3) is 0.692. The molecule has 0 aromatic carbocycles. The van der Waals surface area contributed by atoms with Gasteiger partial charge in [-0.25, -0.2) is 8.78 Å². The number of carbonyl (C=O) groups is 4. The lowest BCUT2D eigenvalue weighted by Crippen LogP contribution is -2.66. The number of alkyl halides is 2. The fourth-order valence-corrected chi connectivity index (χ4v) is 7.78. The molecule has 0 bridgehead atoms. The summed E-state index contributed by atoms with van der Waals surface area (Å²) in [6.07, 6.45) is 3.00. The summed E-state index contributed by atoms with van der Waals surface area (Å²) in [5.74, 6) is -3.86. The molecule has 4 rings (SSSR count). The summed E-state index contributed by atoms with van der Waals surface area (Å²) in [5, 5.41) is 0. The Hall–Kier alpha value is -2.38. The highest BCUT2D eigenvalue weighted by Gasteiger charge is 2.75. The number of carbonyl (C=O) groups excluding carboxylic acids is 4. The Kier molecular flexibility index (Phi) is 5.69. The molecule has 0 spiro atoms. The van der Waals surface area contributed by atoms with Gasteiger partial charge in [0.25, 0.3) is 0 Å². The molecule has 34 heavy (non-hydrogen) atoms. The van der Waals surface area contributed by atoms with E-state index in [1.807, 2.05) is 6.92 Å². The zero-order valence-electron chi connectivity index (χ0n) is 20.3. The maximum atomic E-state index is 17.1. The quantitative estimate of drug-likeness (QED) is 0.568. The van der Waals surface area contributed by atoms with Gasteiger partial charge in [0.2, 0.25) is 5.78 Å². The van der Waals surface area contributed by atoms with Gasteiger partial charge in [-0.2, -0.15) is 0 Å². The molecule has 0 amide bonds. The predicted molar refractivity (Wildman–Crippen MR) is 118 cm³/mol. The van der Waals surface area contributed by atoms with Gasteiger partial charge >= 0.3 is 11.9 Å². The van der Waals surface area contributed by atoms with Crippen LogP contribution in [0.4, 0.5) is 8.78 Å². The van der Waals surface area contributed by atoms with Crippen LogP contribution in [0, 0.1) is 28.6 Å². The standard InChI is InChI=1S/C26H32F2O6/c1-14-10-18-19-12-21(27)20-11-17(31)6-7-23(20,4)25(19,28)9-8-24(18,5)26(14,34-16(3)30)22(32)13-33-15(2)29/h6-7,11,14,18-19,21H,8-10,12-13H2,1-5H3/t14?,18-,19?,21-,23?,24?,25+,26-/m0/s1. The minimum Gasteiger partial charge on any atom is -0.458 e. The van der Waals surface area contributed by atoms with Gasteiger partial charge in [0.15, 0.2) is 18.0 Å². The molecule has 4 aliphatic rings. The Labute approximate surface area is 198 Å². The van der Waals surface area contributed by atoms with Gasteiger partial charge in [-0.3, -0.25) is 19.2 Å². The summed E-state index contributed by atoms with van der Waals surface area (Å²) in [5.41, 5.74) is -5.51. The maximum absolute atomic E-state index is 17.1. The largest absolute Gasteiger partial charge is 0.458 e. The van der Waals surface area contributed by atoms with Crippen molar-refractivity contribution in [2.75, 3.05) is 6.61 Å². The Morgan fingerprint density at radius 2 is 1.76 bits per heavy atom. The molecule has 4 unspecified atom stereocenters. The van der Waals surface area contributed by atoms with E-state index in [9.17, 15) is 19.2 Å². The van der Waals surface area contributed by atoms with Crippen molar-refractivity contribution in [3.63, 3.8) is 0 Å². The third kappa shape index (κ3) is 3.09. The highest BCUT2D eigenvalue weighted by Crippen LogP contribution is 2.71. The maximum Gasteiger partial charge on any atom is 0.303 e. The van der Waals surface area contributed by atoms with E-state index < -0.39 is 70.4 Å². The summed E-state index contributed by atoms with van der Waals surface area (Å²) in [6, 6.07) is 0. The van der Waals surface area contributed by atoms with E-state index >= 15 is 8.78 Å². The van der Waals surface area contributed by atoms with Gasteiger partial charge in [-0.1, -0.05) is 19.9 Å². The topological polar surface area (TPSA) is 86.7 Å². The van der Waals surface area contributed by atoms with Crippen molar-refractivity contribution in [1.29, 1.82) is 0 Å². The van der Waals surface area contributed by atoms with E-state index in [1.54, 1.807) is 13.8 Å². The second-order valence-electron chi connectivity index (χ2n) is 10.9. The van der Waals surface area contributed by atoms with Crippen molar-refractivity contribution in [2.24, 2.45) is 28.6 Å². The molecule has 8 heteroatoms. The first kappa shape index (κ1) is 24.7. The van der Waals surface area contributed by atoms with Crippen molar-refractivity contribution < 1.29 is 37.4 Å². The van der Waals surface area contributed by atoms with Crippen LogP contribution in [-0.4, -0.2) is 47.6 Å². The molecule has 3 fully saturated rings. The van der Waals surface area contributed by atoms with Crippen LogP contribution >= 0.6 is 0 Å². The first-order chi connectivity index (χ1) is 15.7. The molecule has 0 radical (unpaired) electrons.